The average Bonchev–Trinajstić information content (AvgIpc) is 2.39. The van der Waals surface area contributed by atoms with E-state index in [0.29, 0.717) is 31.9 Å². The van der Waals surface area contributed by atoms with Crippen molar-refractivity contribution in [2.45, 2.75) is 11.8 Å². The van der Waals surface area contributed by atoms with Gasteiger partial charge in [-0.3, -0.25) is 4.90 Å². The van der Waals surface area contributed by atoms with Gasteiger partial charge in [0.2, 0.25) is 10.0 Å². The van der Waals surface area contributed by atoms with Crippen molar-refractivity contribution in [2.75, 3.05) is 39.4 Å². The number of hydrogen-bond donors (Lipinski definition) is 1. The van der Waals surface area contributed by atoms with Gasteiger partial charge in [-0.2, -0.15) is 0 Å². The zero-order valence-electron chi connectivity index (χ0n) is 11.4. The van der Waals surface area contributed by atoms with E-state index in [-0.39, 0.29) is 4.90 Å². The lowest BCUT2D eigenvalue weighted by molar-refractivity contribution is 0.0390. The molecule has 1 N–H and O–H groups in total. The molecule has 1 aliphatic heterocycles. The quantitative estimate of drug-likeness (QED) is 0.872. The molecule has 0 saturated carbocycles. The van der Waals surface area contributed by atoms with E-state index >= 15 is 0 Å². The van der Waals surface area contributed by atoms with E-state index in [1.54, 1.807) is 6.92 Å². The van der Waals surface area contributed by atoms with Gasteiger partial charge in [0.1, 0.15) is 5.82 Å². The number of rotatable bonds is 5. The van der Waals surface area contributed by atoms with Gasteiger partial charge in [0, 0.05) is 26.2 Å². The van der Waals surface area contributed by atoms with E-state index in [4.69, 9.17) is 4.74 Å². The lowest BCUT2D eigenvalue weighted by Crippen LogP contribution is -2.41. The topological polar surface area (TPSA) is 58.6 Å². The van der Waals surface area contributed by atoms with Gasteiger partial charge >= 0.3 is 0 Å². The summed E-state index contributed by atoms with van der Waals surface area (Å²) in [5.74, 6) is -0.435. The predicted octanol–water partition coefficient (Wildman–Crippen LogP) is 0.745. The minimum atomic E-state index is -3.58. The van der Waals surface area contributed by atoms with Crippen LogP contribution in [-0.2, 0) is 14.8 Å². The summed E-state index contributed by atoms with van der Waals surface area (Å²) in [4.78, 5) is 2.27. The Kier molecular flexibility index (Phi) is 5.09. The van der Waals surface area contributed by atoms with Crippen molar-refractivity contribution in [2.24, 2.45) is 0 Å². The lowest BCUT2D eigenvalue weighted by atomic mass is 10.2. The summed E-state index contributed by atoms with van der Waals surface area (Å²) in [5, 5.41) is 0. The van der Waals surface area contributed by atoms with Gasteiger partial charge < -0.3 is 4.74 Å². The molecular weight excluding hydrogens is 283 g/mol. The third-order valence-electron chi connectivity index (χ3n) is 3.25. The Labute approximate surface area is 118 Å². The SMILES string of the molecule is Cc1cc(F)ccc1S(=O)(=O)NCCN1CCOCC1. The average molecular weight is 302 g/mol. The summed E-state index contributed by atoms with van der Waals surface area (Å²) < 4.78 is 45.0. The molecule has 1 aliphatic rings. The number of nitrogens with zero attached hydrogens (tertiary/aromatic N) is 1. The minimum Gasteiger partial charge on any atom is -0.379 e. The van der Waals surface area contributed by atoms with E-state index in [1.807, 2.05) is 0 Å². The zero-order valence-corrected chi connectivity index (χ0v) is 12.2. The third-order valence-corrected chi connectivity index (χ3v) is 4.87. The standard InChI is InChI=1S/C13H19FN2O3S/c1-11-10-12(14)2-3-13(11)20(17,18)15-4-5-16-6-8-19-9-7-16/h2-3,10,15H,4-9H2,1H3. The smallest absolute Gasteiger partial charge is 0.240 e. The predicted molar refractivity (Wildman–Crippen MR) is 73.6 cm³/mol. The van der Waals surface area contributed by atoms with Crippen molar-refractivity contribution in [3.63, 3.8) is 0 Å². The van der Waals surface area contributed by atoms with Crippen LogP contribution in [0, 0.1) is 12.7 Å². The molecule has 2 rings (SSSR count). The second-order valence-electron chi connectivity index (χ2n) is 4.76. The van der Waals surface area contributed by atoms with Crippen LogP contribution in [0.1, 0.15) is 5.56 Å². The van der Waals surface area contributed by atoms with Gasteiger partial charge in [0.15, 0.2) is 0 Å². The largest absolute Gasteiger partial charge is 0.379 e. The molecular formula is C13H19FN2O3S. The van der Waals surface area contributed by atoms with E-state index in [2.05, 4.69) is 9.62 Å². The van der Waals surface area contributed by atoms with Crippen LogP contribution in [-0.4, -0.2) is 52.7 Å². The molecule has 1 aromatic carbocycles. The Balaban J connectivity index is 1.93. The van der Waals surface area contributed by atoms with Gasteiger partial charge in [0.25, 0.3) is 0 Å². The number of halogens is 1. The van der Waals surface area contributed by atoms with Crippen molar-refractivity contribution in [1.29, 1.82) is 0 Å². The molecule has 1 aromatic rings. The highest BCUT2D eigenvalue weighted by Gasteiger charge is 2.17. The van der Waals surface area contributed by atoms with E-state index < -0.39 is 15.8 Å². The third kappa shape index (κ3) is 3.99. The van der Waals surface area contributed by atoms with Crippen LogP contribution in [0.4, 0.5) is 4.39 Å². The molecule has 7 heteroatoms. The summed E-state index contributed by atoms with van der Waals surface area (Å²) in [7, 11) is -3.58. The summed E-state index contributed by atoms with van der Waals surface area (Å²) in [6.45, 7) is 5.56. The molecule has 0 amide bonds. The van der Waals surface area contributed by atoms with Gasteiger partial charge in [-0.15, -0.1) is 0 Å². The normalized spacial score (nSPS) is 17.3. The Bertz CT molecular complexity index is 557. The summed E-state index contributed by atoms with van der Waals surface area (Å²) in [6, 6.07) is 3.67. The van der Waals surface area contributed by atoms with Gasteiger partial charge in [-0.1, -0.05) is 0 Å². The first-order chi connectivity index (χ1) is 9.49. The van der Waals surface area contributed by atoms with E-state index in [1.165, 1.54) is 12.1 Å². The second kappa shape index (κ2) is 6.62. The van der Waals surface area contributed by atoms with Crippen LogP contribution in [0.25, 0.3) is 0 Å². The van der Waals surface area contributed by atoms with Crippen LogP contribution in [0.5, 0.6) is 0 Å². The number of aryl methyl sites for hydroxylation is 1. The van der Waals surface area contributed by atoms with Gasteiger partial charge in [-0.25, -0.2) is 17.5 Å². The molecule has 0 aromatic heterocycles. The van der Waals surface area contributed by atoms with Crippen molar-refractivity contribution >= 4 is 10.0 Å². The van der Waals surface area contributed by atoms with Gasteiger partial charge in [-0.05, 0) is 30.7 Å². The Hall–Kier alpha value is -1.02. The molecule has 0 atom stereocenters. The molecule has 1 heterocycles. The molecule has 1 saturated heterocycles. The lowest BCUT2D eigenvalue weighted by Gasteiger charge is -2.26. The van der Waals surface area contributed by atoms with Crippen molar-refractivity contribution in [1.82, 2.24) is 9.62 Å². The molecule has 0 spiro atoms. The number of benzene rings is 1. The summed E-state index contributed by atoms with van der Waals surface area (Å²) in [5.41, 5.74) is 0.406. The fourth-order valence-corrected chi connectivity index (χ4v) is 3.40. The molecule has 0 aliphatic carbocycles. The maximum atomic E-state index is 13.0. The summed E-state index contributed by atoms with van der Waals surface area (Å²) >= 11 is 0. The van der Waals surface area contributed by atoms with Crippen molar-refractivity contribution in [3.8, 4) is 0 Å². The molecule has 112 valence electrons. The highest BCUT2D eigenvalue weighted by Crippen LogP contribution is 2.15. The first-order valence-corrected chi connectivity index (χ1v) is 8.03. The van der Waals surface area contributed by atoms with Crippen molar-refractivity contribution in [3.05, 3.63) is 29.6 Å². The highest BCUT2D eigenvalue weighted by molar-refractivity contribution is 7.89. The highest BCUT2D eigenvalue weighted by atomic mass is 32.2. The maximum absolute atomic E-state index is 13.0. The zero-order chi connectivity index (χ0) is 14.6. The fourth-order valence-electron chi connectivity index (χ4n) is 2.15. The first-order valence-electron chi connectivity index (χ1n) is 6.55. The number of hydrogen-bond acceptors (Lipinski definition) is 4. The minimum absolute atomic E-state index is 0.126. The fraction of sp³-hybridized carbons (Fsp3) is 0.538. The number of sulfonamides is 1. The van der Waals surface area contributed by atoms with Crippen LogP contribution >= 0.6 is 0 Å². The van der Waals surface area contributed by atoms with Crippen LogP contribution in [0.2, 0.25) is 0 Å². The number of morpholine rings is 1. The molecule has 0 radical (unpaired) electrons. The van der Waals surface area contributed by atoms with E-state index in [0.717, 1.165) is 19.2 Å². The maximum Gasteiger partial charge on any atom is 0.240 e. The monoisotopic (exact) mass is 302 g/mol. The summed E-state index contributed by atoms with van der Waals surface area (Å²) in [6.07, 6.45) is 0. The molecule has 5 nitrogen and oxygen atoms in total. The molecule has 0 unspecified atom stereocenters. The Morgan fingerprint density at radius 3 is 2.70 bits per heavy atom. The molecule has 0 bridgehead atoms. The molecule has 20 heavy (non-hydrogen) atoms. The first kappa shape index (κ1) is 15.4. The Morgan fingerprint density at radius 1 is 1.35 bits per heavy atom. The molecule has 1 fully saturated rings. The second-order valence-corrected chi connectivity index (χ2v) is 6.50. The number of nitrogens with one attached hydrogen (secondary N) is 1. The Morgan fingerprint density at radius 2 is 2.05 bits per heavy atom. The van der Waals surface area contributed by atoms with Crippen LogP contribution < -0.4 is 4.72 Å². The van der Waals surface area contributed by atoms with Crippen LogP contribution in [0.3, 0.4) is 0 Å². The van der Waals surface area contributed by atoms with Gasteiger partial charge in [0.05, 0.1) is 18.1 Å². The van der Waals surface area contributed by atoms with Crippen LogP contribution in [0.15, 0.2) is 23.1 Å². The number of ether oxygens (including phenoxy) is 1. The van der Waals surface area contributed by atoms with Crippen molar-refractivity contribution < 1.29 is 17.5 Å². The van der Waals surface area contributed by atoms with E-state index in [9.17, 15) is 12.8 Å².